The fourth-order valence-corrected chi connectivity index (χ4v) is 3.26. The number of alkyl halides is 3. The number of carbonyl (C=O) groups excluding carboxylic acids is 2. The first kappa shape index (κ1) is 17.4. The lowest BCUT2D eigenvalue weighted by molar-refractivity contribution is -0.263. The number of nitrogens with zero attached hydrogens (tertiary/aromatic N) is 2. The van der Waals surface area contributed by atoms with Gasteiger partial charge in [0.2, 0.25) is 0 Å². The third-order valence-electron chi connectivity index (χ3n) is 4.49. The minimum atomic E-state index is -4.55. The summed E-state index contributed by atoms with van der Waals surface area (Å²) in [6.07, 6.45) is -5.88. The van der Waals surface area contributed by atoms with Gasteiger partial charge in [-0.2, -0.15) is 13.2 Å². The van der Waals surface area contributed by atoms with Crippen molar-refractivity contribution in [2.45, 2.75) is 24.6 Å². The second-order valence-electron chi connectivity index (χ2n) is 6.28. The highest BCUT2D eigenvalue weighted by molar-refractivity contribution is 6.30. The van der Waals surface area contributed by atoms with E-state index in [0.29, 0.717) is 18.9 Å². The molecular weight excluding hydrogens is 371 g/mol. The molecule has 2 atom stereocenters. The fourth-order valence-electron chi connectivity index (χ4n) is 3.26. The van der Waals surface area contributed by atoms with Crippen molar-refractivity contribution in [1.29, 1.82) is 0 Å². The molecule has 2 unspecified atom stereocenters. The van der Waals surface area contributed by atoms with E-state index in [1.54, 1.807) is 0 Å². The number of halogens is 3. The molecule has 8 nitrogen and oxygen atoms in total. The maximum atomic E-state index is 13.0. The van der Waals surface area contributed by atoms with Crippen LogP contribution in [-0.4, -0.2) is 49.9 Å². The Labute approximate surface area is 150 Å². The van der Waals surface area contributed by atoms with Crippen LogP contribution in [0.4, 0.5) is 18.9 Å². The van der Waals surface area contributed by atoms with Crippen LogP contribution in [0.25, 0.3) is 0 Å². The number of esters is 2. The van der Waals surface area contributed by atoms with E-state index in [0.717, 1.165) is 18.2 Å². The number of hydrogen-bond donors (Lipinski definition) is 1. The molecule has 4 rings (SSSR count). The van der Waals surface area contributed by atoms with E-state index in [9.17, 15) is 22.8 Å². The SMILES string of the molecule is CN1c2cc(C(F)(F)F)ccc2OC2(CC3=NCCN3)OC(=O)C(=O)OC12. The van der Waals surface area contributed by atoms with Crippen molar-refractivity contribution in [2.75, 3.05) is 25.0 Å². The molecule has 0 spiro atoms. The lowest BCUT2D eigenvalue weighted by Gasteiger charge is -2.48. The zero-order chi connectivity index (χ0) is 19.4. The van der Waals surface area contributed by atoms with E-state index >= 15 is 0 Å². The molecule has 0 radical (unpaired) electrons. The third kappa shape index (κ3) is 2.82. The molecule has 1 saturated heterocycles. The maximum Gasteiger partial charge on any atom is 0.421 e. The Morgan fingerprint density at radius 2 is 2.07 bits per heavy atom. The second kappa shape index (κ2) is 5.76. The van der Waals surface area contributed by atoms with Gasteiger partial charge in [-0.1, -0.05) is 0 Å². The lowest BCUT2D eigenvalue weighted by Crippen LogP contribution is -2.67. The standard InChI is InChI=1S/C16H14F3N3O5/c1-22-9-6-8(16(17,18)19)2-3-10(9)26-15(7-11-20-4-5-21-11)14(22)25-12(23)13(24)27-15/h2-3,6,14H,4-5,7H2,1H3,(H,20,21). The molecule has 144 valence electrons. The first-order valence-corrected chi connectivity index (χ1v) is 8.04. The molecule has 0 amide bonds. The summed E-state index contributed by atoms with van der Waals surface area (Å²) in [6, 6.07) is 2.89. The first-order chi connectivity index (χ1) is 12.7. The Kier molecular flexibility index (Phi) is 3.72. The summed E-state index contributed by atoms with van der Waals surface area (Å²) in [4.78, 5) is 29.0. The zero-order valence-electron chi connectivity index (χ0n) is 14.0. The van der Waals surface area contributed by atoms with Gasteiger partial charge in [-0.25, -0.2) is 9.59 Å². The van der Waals surface area contributed by atoms with E-state index in [4.69, 9.17) is 14.2 Å². The Balaban J connectivity index is 1.78. The van der Waals surface area contributed by atoms with Crippen molar-refractivity contribution in [2.24, 2.45) is 4.99 Å². The Hall–Kier alpha value is -2.98. The molecule has 0 saturated carbocycles. The van der Waals surface area contributed by atoms with Crippen molar-refractivity contribution in [3.63, 3.8) is 0 Å². The summed E-state index contributed by atoms with van der Waals surface area (Å²) in [5, 5.41) is 3.00. The summed E-state index contributed by atoms with van der Waals surface area (Å²) >= 11 is 0. The molecule has 3 aliphatic rings. The number of likely N-dealkylation sites (N-methyl/N-ethyl adjacent to an activating group) is 1. The normalized spacial score (nSPS) is 26.9. The molecule has 27 heavy (non-hydrogen) atoms. The second-order valence-corrected chi connectivity index (χ2v) is 6.28. The summed E-state index contributed by atoms with van der Waals surface area (Å²) in [5.41, 5.74) is -0.831. The van der Waals surface area contributed by atoms with Gasteiger partial charge in [0.25, 0.3) is 6.23 Å². The zero-order valence-corrected chi connectivity index (χ0v) is 14.0. The van der Waals surface area contributed by atoms with Crippen LogP contribution < -0.4 is 15.0 Å². The summed E-state index contributed by atoms with van der Waals surface area (Å²) < 4.78 is 55.3. The van der Waals surface area contributed by atoms with E-state index in [2.05, 4.69) is 10.3 Å². The number of hydrogen-bond acceptors (Lipinski definition) is 8. The van der Waals surface area contributed by atoms with Crippen molar-refractivity contribution >= 4 is 23.5 Å². The molecule has 1 aromatic rings. The van der Waals surface area contributed by atoms with Gasteiger partial charge in [0, 0.05) is 13.6 Å². The molecule has 0 bridgehead atoms. The van der Waals surface area contributed by atoms with Crippen LogP contribution in [0.1, 0.15) is 12.0 Å². The molecule has 0 aromatic heterocycles. The van der Waals surface area contributed by atoms with Crippen molar-refractivity contribution in [1.82, 2.24) is 5.32 Å². The molecule has 1 aromatic carbocycles. The van der Waals surface area contributed by atoms with Crippen molar-refractivity contribution in [3.8, 4) is 5.75 Å². The highest BCUT2D eigenvalue weighted by atomic mass is 19.4. The minimum Gasteiger partial charge on any atom is -0.444 e. The van der Waals surface area contributed by atoms with Crippen LogP contribution in [-0.2, 0) is 25.2 Å². The monoisotopic (exact) mass is 385 g/mol. The van der Waals surface area contributed by atoms with Crippen molar-refractivity contribution in [3.05, 3.63) is 23.8 Å². The van der Waals surface area contributed by atoms with E-state index in [1.165, 1.54) is 11.9 Å². The predicted octanol–water partition coefficient (Wildman–Crippen LogP) is 1.05. The largest absolute Gasteiger partial charge is 0.444 e. The number of carbonyl (C=O) groups is 2. The van der Waals surface area contributed by atoms with Crippen LogP contribution in [0.2, 0.25) is 0 Å². The summed E-state index contributed by atoms with van der Waals surface area (Å²) in [7, 11) is 1.43. The summed E-state index contributed by atoms with van der Waals surface area (Å²) in [6.45, 7) is 1.11. The number of fused-ring (bicyclic) bond motifs is 2. The van der Waals surface area contributed by atoms with E-state index < -0.39 is 35.7 Å². The van der Waals surface area contributed by atoms with E-state index in [-0.39, 0.29) is 17.9 Å². The number of benzene rings is 1. The maximum absolute atomic E-state index is 13.0. The van der Waals surface area contributed by atoms with Crippen LogP contribution in [0.3, 0.4) is 0 Å². The van der Waals surface area contributed by atoms with Crippen LogP contribution in [0.15, 0.2) is 23.2 Å². The molecular formula is C16H14F3N3O5. The average Bonchev–Trinajstić information content (AvgIpc) is 3.09. The van der Waals surface area contributed by atoms with Crippen LogP contribution >= 0.6 is 0 Å². The topological polar surface area (TPSA) is 89.5 Å². The third-order valence-corrected chi connectivity index (χ3v) is 4.49. The quantitative estimate of drug-likeness (QED) is 0.601. The first-order valence-electron chi connectivity index (χ1n) is 8.04. The predicted molar refractivity (Wildman–Crippen MR) is 84.1 cm³/mol. The van der Waals surface area contributed by atoms with Crippen LogP contribution in [0, 0.1) is 0 Å². The highest BCUT2D eigenvalue weighted by Gasteiger charge is 2.59. The number of nitrogens with one attached hydrogen (secondary N) is 1. The molecule has 3 heterocycles. The molecule has 1 fully saturated rings. The lowest BCUT2D eigenvalue weighted by atomic mass is 10.0. The van der Waals surface area contributed by atoms with Gasteiger partial charge in [0.15, 0.2) is 0 Å². The van der Waals surface area contributed by atoms with Crippen molar-refractivity contribution < 1.29 is 37.0 Å². The smallest absolute Gasteiger partial charge is 0.421 e. The van der Waals surface area contributed by atoms with Gasteiger partial charge < -0.3 is 24.4 Å². The molecule has 3 aliphatic heterocycles. The van der Waals surface area contributed by atoms with Gasteiger partial charge in [-0.05, 0) is 18.2 Å². The van der Waals surface area contributed by atoms with Gasteiger partial charge in [0.1, 0.15) is 11.6 Å². The fraction of sp³-hybridized carbons (Fsp3) is 0.438. The molecule has 11 heteroatoms. The number of aliphatic imine (C=N–C) groups is 1. The number of rotatable bonds is 2. The summed E-state index contributed by atoms with van der Waals surface area (Å²) in [5.74, 6) is -3.71. The molecule has 0 aliphatic carbocycles. The Morgan fingerprint density at radius 3 is 2.74 bits per heavy atom. The van der Waals surface area contributed by atoms with Gasteiger partial charge in [0.05, 0.1) is 24.2 Å². The van der Waals surface area contributed by atoms with Crippen LogP contribution in [0.5, 0.6) is 5.75 Å². The van der Waals surface area contributed by atoms with Gasteiger partial charge in [-0.15, -0.1) is 0 Å². The molecule has 1 N–H and O–H groups in total. The minimum absolute atomic E-state index is 0.0533. The Morgan fingerprint density at radius 1 is 1.30 bits per heavy atom. The number of anilines is 1. The van der Waals surface area contributed by atoms with Gasteiger partial charge in [-0.3, -0.25) is 4.99 Å². The van der Waals surface area contributed by atoms with E-state index in [1.807, 2.05) is 0 Å². The number of ether oxygens (including phenoxy) is 3. The highest BCUT2D eigenvalue weighted by Crippen LogP contribution is 2.46. The van der Waals surface area contributed by atoms with Gasteiger partial charge >= 0.3 is 23.9 Å². The number of amidine groups is 1. The average molecular weight is 385 g/mol. The Bertz CT molecular complexity index is 856.